The molecule has 0 bridgehead atoms. The number of rotatable bonds is 5. The highest BCUT2D eigenvalue weighted by Crippen LogP contribution is 2.39. The molecule has 4 heteroatoms. The molecule has 1 aromatic rings. The Bertz CT molecular complexity index is 499. The van der Waals surface area contributed by atoms with Gasteiger partial charge in [-0.25, -0.2) is 0 Å². The first-order valence-electron chi connectivity index (χ1n) is 7.12. The van der Waals surface area contributed by atoms with Crippen molar-refractivity contribution in [3.8, 4) is 11.5 Å². The minimum Gasteiger partial charge on any atom is -0.493 e. The van der Waals surface area contributed by atoms with E-state index in [1.54, 1.807) is 14.2 Å². The zero-order chi connectivity index (χ0) is 14.7. The van der Waals surface area contributed by atoms with Crippen molar-refractivity contribution in [1.29, 1.82) is 0 Å². The lowest BCUT2D eigenvalue weighted by atomic mass is 9.89. The molecule has 0 spiro atoms. The van der Waals surface area contributed by atoms with Crippen LogP contribution in [-0.2, 0) is 11.2 Å². The molecule has 2 rings (SSSR count). The van der Waals surface area contributed by atoms with Crippen LogP contribution in [0.3, 0.4) is 0 Å². The van der Waals surface area contributed by atoms with Gasteiger partial charge in [0, 0.05) is 7.05 Å². The summed E-state index contributed by atoms with van der Waals surface area (Å²) in [5, 5.41) is 0. The summed E-state index contributed by atoms with van der Waals surface area (Å²) < 4.78 is 10.7. The summed E-state index contributed by atoms with van der Waals surface area (Å²) in [7, 11) is 5.15. The van der Waals surface area contributed by atoms with Gasteiger partial charge in [-0.1, -0.05) is 19.8 Å². The number of likely N-dealkylation sites (N-methyl/N-ethyl adjacent to an activating group) is 1. The highest BCUT2D eigenvalue weighted by Gasteiger charge is 2.30. The van der Waals surface area contributed by atoms with Gasteiger partial charge in [0.1, 0.15) is 0 Å². The number of hydrogen-bond donors (Lipinski definition) is 0. The molecule has 0 saturated heterocycles. The lowest BCUT2D eigenvalue weighted by Gasteiger charge is -2.35. The van der Waals surface area contributed by atoms with Crippen LogP contribution in [0.4, 0.5) is 0 Å². The number of fused-ring (bicyclic) bond motifs is 1. The first-order valence-corrected chi connectivity index (χ1v) is 7.12. The highest BCUT2D eigenvalue weighted by atomic mass is 16.5. The Morgan fingerprint density at radius 3 is 2.50 bits per heavy atom. The Morgan fingerprint density at radius 2 is 1.90 bits per heavy atom. The molecular weight excluding hydrogens is 254 g/mol. The molecule has 1 atom stereocenters. The van der Waals surface area contributed by atoms with Crippen molar-refractivity contribution in [2.45, 2.75) is 38.6 Å². The molecule has 0 aromatic heterocycles. The summed E-state index contributed by atoms with van der Waals surface area (Å²) in [5.74, 6) is 1.60. The number of carbonyl (C=O) groups is 1. The van der Waals surface area contributed by atoms with Crippen LogP contribution in [-0.4, -0.2) is 32.1 Å². The van der Waals surface area contributed by atoms with Gasteiger partial charge in [0.05, 0.1) is 26.7 Å². The Labute approximate surface area is 120 Å². The molecule has 1 aromatic carbocycles. The molecule has 1 heterocycles. The predicted molar refractivity (Wildman–Crippen MR) is 78.3 cm³/mol. The largest absolute Gasteiger partial charge is 0.493 e. The average Bonchev–Trinajstić information content (AvgIpc) is 2.46. The fourth-order valence-electron chi connectivity index (χ4n) is 2.82. The molecule has 1 unspecified atom stereocenters. The second kappa shape index (κ2) is 6.16. The van der Waals surface area contributed by atoms with Gasteiger partial charge in [-0.05, 0) is 29.7 Å². The van der Waals surface area contributed by atoms with Crippen LogP contribution in [0.15, 0.2) is 12.1 Å². The Morgan fingerprint density at radius 1 is 1.25 bits per heavy atom. The van der Waals surface area contributed by atoms with Gasteiger partial charge in [-0.3, -0.25) is 4.79 Å². The summed E-state index contributed by atoms with van der Waals surface area (Å²) in [5.41, 5.74) is 2.25. The minimum absolute atomic E-state index is 0.144. The maximum atomic E-state index is 12.1. The molecular formula is C16H23NO3. The summed E-state index contributed by atoms with van der Waals surface area (Å²) >= 11 is 0. The monoisotopic (exact) mass is 277 g/mol. The number of nitrogens with zero attached hydrogens (tertiary/aromatic N) is 1. The smallest absolute Gasteiger partial charge is 0.227 e. The van der Waals surface area contributed by atoms with E-state index in [4.69, 9.17) is 9.47 Å². The molecule has 1 amide bonds. The van der Waals surface area contributed by atoms with Gasteiger partial charge in [0.15, 0.2) is 11.5 Å². The maximum Gasteiger partial charge on any atom is 0.227 e. The van der Waals surface area contributed by atoms with Crippen molar-refractivity contribution in [2.24, 2.45) is 0 Å². The molecule has 0 aliphatic carbocycles. The first-order chi connectivity index (χ1) is 9.62. The van der Waals surface area contributed by atoms with E-state index in [1.165, 1.54) is 5.56 Å². The van der Waals surface area contributed by atoms with Crippen LogP contribution < -0.4 is 9.47 Å². The number of amides is 1. The number of carbonyl (C=O) groups excluding carboxylic acids is 1. The third-order valence-electron chi connectivity index (χ3n) is 4.04. The number of methoxy groups -OCH3 is 2. The van der Waals surface area contributed by atoms with Gasteiger partial charge in [-0.2, -0.15) is 0 Å². The van der Waals surface area contributed by atoms with Gasteiger partial charge >= 0.3 is 0 Å². The van der Waals surface area contributed by atoms with E-state index in [0.717, 1.165) is 30.6 Å². The van der Waals surface area contributed by atoms with Crippen molar-refractivity contribution >= 4 is 5.91 Å². The summed E-state index contributed by atoms with van der Waals surface area (Å²) in [6.07, 6.45) is 3.66. The normalized spacial score (nSPS) is 17.9. The topological polar surface area (TPSA) is 38.8 Å². The zero-order valence-electron chi connectivity index (χ0n) is 12.7. The van der Waals surface area contributed by atoms with Crippen LogP contribution in [0.2, 0.25) is 0 Å². The van der Waals surface area contributed by atoms with E-state index < -0.39 is 0 Å². The van der Waals surface area contributed by atoms with E-state index >= 15 is 0 Å². The molecule has 0 fully saturated rings. The standard InChI is InChI=1S/C16H23NO3/c1-5-6-7-13-12-10-15(20-4)14(19-3)8-11(12)9-16(18)17(13)2/h8,10,13H,5-7,9H2,1-4H3. The molecule has 20 heavy (non-hydrogen) atoms. The summed E-state index contributed by atoms with van der Waals surface area (Å²) in [6, 6.07) is 4.11. The molecule has 1 aliphatic rings. The predicted octanol–water partition coefficient (Wildman–Crippen LogP) is 2.95. The maximum absolute atomic E-state index is 12.1. The SMILES string of the molecule is CCCCC1c2cc(OC)c(OC)cc2CC(=O)N1C. The van der Waals surface area contributed by atoms with Gasteiger partial charge in [0.2, 0.25) is 5.91 Å². The number of ether oxygens (including phenoxy) is 2. The van der Waals surface area contributed by atoms with Crippen LogP contribution in [0.25, 0.3) is 0 Å². The molecule has 1 aliphatic heterocycles. The first kappa shape index (κ1) is 14.7. The fraction of sp³-hybridized carbons (Fsp3) is 0.562. The van der Waals surface area contributed by atoms with E-state index in [-0.39, 0.29) is 11.9 Å². The third kappa shape index (κ3) is 2.60. The van der Waals surface area contributed by atoms with Gasteiger partial charge in [-0.15, -0.1) is 0 Å². The number of unbranched alkanes of at least 4 members (excludes halogenated alkanes) is 1. The van der Waals surface area contributed by atoms with E-state index in [1.807, 2.05) is 24.1 Å². The van der Waals surface area contributed by atoms with Crippen molar-refractivity contribution in [1.82, 2.24) is 4.90 Å². The molecule has 0 saturated carbocycles. The Hall–Kier alpha value is -1.71. The minimum atomic E-state index is 0.144. The Kier molecular flexibility index (Phi) is 4.53. The highest BCUT2D eigenvalue weighted by molar-refractivity contribution is 5.82. The molecule has 4 nitrogen and oxygen atoms in total. The van der Waals surface area contributed by atoms with Crippen molar-refractivity contribution in [3.05, 3.63) is 23.3 Å². The Balaban J connectivity index is 2.45. The summed E-state index contributed by atoms with van der Waals surface area (Å²) in [4.78, 5) is 14.0. The van der Waals surface area contributed by atoms with Crippen molar-refractivity contribution < 1.29 is 14.3 Å². The lowest BCUT2D eigenvalue weighted by Crippen LogP contribution is -2.37. The average molecular weight is 277 g/mol. The quantitative estimate of drug-likeness (QED) is 0.830. The van der Waals surface area contributed by atoms with E-state index in [9.17, 15) is 4.79 Å². The number of benzene rings is 1. The van der Waals surface area contributed by atoms with Crippen LogP contribution in [0, 0.1) is 0 Å². The molecule has 0 radical (unpaired) electrons. The van der Waals surface area contributed by atoms with Crippen LogP contribution in [0.5, 0.6) is 11.5 Å². The van der Waals surface area contributed by atoms with Crippen molar-refractivity contribution in [2.75, 3.05) is 21.3 Å². The molecule has 110 valence electrons. The second-order valence-corrected chi connectivity index (χ2v) is 5.25. The molecule has 0 N–H and O–H groups in total. The van der Waals surface area contributed by atoms with Crippen molar-refractivity contribution in [3.63, 3.8) is 0 Å². The van der Waals surface area contributed by atoms with Gasteiger partial charge < -0.3 is 14.4 Å². The second-order valence-electron chi connectivity index (χ2n) is 5.25. The number of hydrogen-bond acceptors (Lipinski definition) is 3. The van der Waals surface area contributed by atoms with Crippen LogP contribution >= 0.6 is 0 Å². The zero-order valence-corrected chi connectivity index (χ0v) is 12.7. The van der Waals surface area contributed by atoms with Gasteiger partial charge in [0.25, 0.3) is 0 Å². The van der Waals surface area contributed by atoms with E-state index in [0.29, 0.717) is 12.2 Å². The lowest BCUT2D eigenvalue weighted by molar-refractivity contribution is -0.132. The van der Waals surface area contributed by atoms with Crippen LogP contribution in [0.1, 0.15) is 43.4 Å². The van der Waals surface area contributed by atoms with E-state index in [2.05, 4.69) is 6.92 Å². The fourth-order valence-corrected chi connectivity index (χ4v) is 2.82. The summed E-state index contributed by atoms with van der Waals surface area (Å²) in [6.45, 7) is 2.17. The third-order valence-corrected chi connectivity index (χ3v) is 4.04.